The summed E-state index contributed by atoms with van der Waals surface area (Å²) in [5, 5.41) is 4.94. The van der Waals surface area contributed by atoms with Crippen molar-refractivity contribution >= 4 is 38.6 Å². The Labute approximate surface area is 374 Å². The first-order valence-electron chi connectivity index (χ1n) is 22.2. The van der Waals surface area contributed by atoms with E-state index in [1.54, 1.807) is 0 Å². The highest BCUT2D eigenvalue weighted by molar-refractivity contribution is 5.99. The molecule has 0 N–H and O–H groups in total. The van der Waals surface area contributed by atoms with E-state index in [0.717, 1.165) is 17.1 Å². The highest BCUT2D eigenvalue weighted by Gasteiger charge is 2.46. The molecule has 0 heterocycles. The van der Waals surface area contributed by atoms with Gasteiger partial charge in [0.1, 0.15) is 0 Å². The molecule has 0 aliphatic heterocycles. The minimum Gasteiger partial charge on any atom is -0.310 e. The number of para-hydroxylation sites is 1. The van der Waals surface area contributed by atoms with Gasteiger partial charge < -0.3 is 4.90 Å². The zero-order valence-electron chi connectivity index (χ0n) is 35.3. The van der Waals surface area contributed by atoms with Gasteiger partial charge in [0, 0.05) is 16.9 Å². The van der Waals surface area contributed by atoms with Crippen molar-refractivity contribution in [3.63, 3.8) is 0 Å². The fraction of sp³-hybridized carbons (Fsp3) is 0.0159. The molecule has 300 valence electrons. The SMILES string of the molecule is c1ccc(C2(c3ccccc3)c3ccccc3-c3c(-c4ccc(N(c5ccc6ccccc6c5)c5ccccc5-c5ccc(-c6cccc7ccccc67)cc5)cc4)cccc32)cc1. The van der Waals surface area contributed by atoms with E-state index < -0.39 is 5.41 Å². The molecule has 0 unspecified atom stereocenters. The summed E-state index contributed by atoms with van der Waals surface area (Å²) in [6, 6.07) is 95.7. The first-order chi connectivity index (χ1) is 31.8. The van der Waals surface area contributed by atoms with E-state index in [2.05, 4.69) is 266 Å². The van der Waals surface area contributed by atoms with Gasteiger partial charge >= 0.3 is 0 Å². The molecule has 1 aliphatic carbocycles. The molecule has 1 nitrogen and oxygen atoms in total. The van der Waals surface area contributed by atoms with E-state index in [0.29, 0.717) is 0 Å². The maximum atomic E-state index is 2.42. The number of fused-ring (bicyclic) bond motifs is 5. The molecule has 0 saturated heterocycles. The van der Waals surface area contributed by atoms with E-state index in [9.17, 15) is 0 Å². The second-order valence-corrected chi connectivity index (χ2v) is 16.8. The lowest BCUT2D eigenvalue weighted by atomic mass is 9.67. The van der Waals surface area contributed by atoms with Crippen molar-refractivity contribution in [3.8, 4) is 44.5 Å². The third kappa shape index (κ3) is 6.08. The van der Waals surface area contributed by atoms with Crippen LogP contribution in [-0.2, 0) is 5.41 Å². The highest BCUT2D eigenvalue weighted by Crippen LogP contribution is 2.58. The number of anilines is 3. The Balaban J connectivity index is 0.993. The molecule has 12 rings (SSSR count). The van der Waals surface area contributed by atoms with Crippen LogP contribution in [0.4, 0.5) is 17.1 Å². The van der Waals surface area contributed by atoms with Gasteiger partial charge in [-0.25, -0.2) is 0 Å². The van der Waals surface area contributed by atoms with E-state index in [4.69, 9.17) is 0 Å². The third-order valence-corrected chi connectivity index (χ3v) is 13.4. The van der Waals surface area contributed by atoms with Gasteiger partial charge in [-0.3, -0.25) is 0 Å². The summed E-state index contributed by atoms with van der Waals surface area (Å²) in [6.45, 7) is 0. The van der Waals surface area contributed by atoms with Crippen LogP contribution in [0, 0.1) is 0 Å². The zero-order chi connectivity index (χ0) is 42.5. The largest absolute Gasteiger partial charge is 0.310 e. The molecule has 0 radical (unpaired) electrons. The van der Waals surface area contributed by atoms with Crippen LogP contribution in [0.3, 0.4) is 0 Å². The van der Waals surface area contributed by atoms with Crippen molar-refractivity contribution in [1.82, 2.24) is 0 Å². The Morgan fingerprint density at radius 1 is 0.281 bits per heavy atom. The molecular weight excluding hydrogens is 771 g/mol. The molecule has 11 aromatic carbocycles. The topological polar surface area (TPSA) is 3.24 Å². The van der Waals surface area contributed by atoms with Gasteiger partial charge in [0.15, 0.2) is 0 Å². The Morgan fingerprint density at radius 3 is 1.52 bits per heavy atom. The summed E-state index contributed by atoms with van der Waals surface area (Å²) in [4.78, 5) is 2.42. The van der Waals surface area contributed by atoms with Crippen molar-refractivity contribution in [1.29, 1.82) is 0 Å². The van der Waals surface area contributed by atoms with E-state index in [1.165, 1.54) is 88.3 Å². The van der Waals surface area contributed by atoms with Crippen LogP contribution in [0.2, 0.25) is 0 Å². The summed E-state index contributed by atoms with van der Waals surface area (Å²) < 4.78 is 0. The molecule has 0 spiro atoms. The molecule has 11 aromatic rings. The maximum absolute atomic E-state index is 2.42. The van der Waals surface area contributed by atoms with Crippen LogP contribution in [0.1, 0.15) is 22.3 Å². The van der Waals surface area contributed by atoms with Gasteiger partial charge in [0.25, 0.3) is 0 Å². The Kier molecular flexibility index (Phi) is 9.13. The first-order valence-corrected chi connectivity index (χ1v) is 22.2. The molecular formula is C63H43N. The molecule has 0 fully saturated rings. The monoisotopic (exact) mass is 813 g/mol. The maximum Gasteiger partial charge on any atom is 0.0713 e. The van der Waals surface area contributed by atoms with Crippen LogP contribution in [0.15, 0.2) is 261 Å². The molecule has 1 aliphatic rings. The quantitative estimate of drug-likeness (QED) is 0.148. The number of benzene rings is 11. The summed E-state index contributed by atoms with van der Waals surface area (Å²) in [7, 11) is 0. The smallest absolute Gasteiger partial charge is 0.0713 e. The fourth-order valence-corrected chi connectivity index (χ4v) is 10.5. The third-order valence-electron chi connectivity index (χ3n) is 13.4. The van der Waals surface area contributed by atoms with Gasteiger partial charge in [-0.15, -0.1) is 0 Å². The highest BCUT2D eigenvalue weighted by atomic mass is 15.1. The Hall–Kier alpha value is -8.26. The average Bonchev–Trinajstić information content (AvgIpc) is 3.68. The summed E-state index contributed by atoms with van der Waals surface area (Å²) >= 11 is 0. The lowest BCUT2D eigenvalue weighted by Gasteiger charge is -2.34. The van der Waals surface area contributed by atoms with Crippen LogP contribution in [0.25, 0.3) is 66.1 Å². The van der Waals surface area contributed by atoms with Gasteiger partial charge in [0.05, 0.1) is 11.1 Å². The second-order valence-electron chi connectivity index (χ2n) is 16.8. The number of nitrogens with zero attached hydrogens (tertiary/aromatic N) is 1. The number of hydrogen-bond acceptors (Lipinski definition) is 1. The summed E-state index contributed by atoms with van der Waals surface area (Å²) in [6.07, 6.45) is 0. The van der Waals surface area contributed by atoms with E-state index in [-0.39, 0.29) is 0 Å². The Bertz CT molecular complexity index is 3430. The van der Waals surface area contributed by atoms with Crippen molar-refractivity contribution in [2.75, 3.05) is 4.90 Å². The van der Waals surface area contributed by atoms with Gasteiger partial charge in [0.2, 0.25) is 0 Å². The lowest BCUT2D eigenvalue weighted by molar-refractivity contribution is 0.768. The molecule has 64 heavy (non-hydrogen) atoms. The number of hydrogen-bond donors (Lipinski definition) is 0. The molecule has 0 amide bonds. The average molecular weight is 814 g/mol. The van der Waals surface area contributed by atoms with Gasteiger partial charge in [-0.2, -0.15) is 0 Å². The minimum absolute atomic E-state index is 0.450. The summed E-state index contributed by atoms with van der Waals surface area (Å²) in [5.41, 5.74) is 17.8. The summed E-state index contributed by atoms with van der Waals surface area (Å²) in [5.74, 6) is 0. The standard InChI is InChI=1S/C63H43N/c1-3-21-50(22-4-1)63(51-23-5-2-6-24-51)59-30-13-11-27-58(59)62-57(29-16-31-60(62)63)48-38-40-52(41-39-48)64(53-42-37-44-17-7-8-19-49(44)43-53)61-32-14-12-26-56(61)47-35-33-46(34-36-47)55-28-15-20-45-18-9-10-25-54(45)55/h1-43H. The van der Waals surface area contributed by atoms with Crippen molar-refractivity contribution in [2.45, 2.75) is 5.41 Å². The lowest BCUT2D eigenvalue weighted by Crippen LogP contribution is -2.28. The predicted octanol–water partition coefficient (Wildman–Crippen LogP) is 16.8. The predicted molar refractivity (Wildman–Crippen MR) is 270 cm³/mol. The van der Waals surface area contributed by atoms with Gasteiger partial charge in [-0.1, -0.05) is 231 Å². The van der Waals surface area contributed by atoms with E-state index in [1.807, 2.05) is 0 Å². The fourth-order valence-electron chi connectivity index (χ4n) is 10.5. The zero-order valence-corrected chi connectivity index (χ0v) is 35.3. The minimum atomic E-state index is -0.450. The van der Waals surface area contributed by atoms with Crippen molar-refractivity contribution in [2.24, 2.45) is 0 Å². The van der Waals surface area contributed by atoms with Crippen LogP contribution >= 0.6 is 0 Å². The van der Waals surface area contributed by atoms with Crippen LogP contribution in [0.5, 0.6) is 0 Å². The van der Waals surface area contributed by atoms with Crippen LogP contribution in [-0.4, -0.2) is 0 Å². The van der Waals surface area contributed by atoms with E-state index >= 15 is 0 Å². The molecule has 0 saturated carbocycles. The van der Waals surface area contributed by atoms with Crippen LogP contribution < -0.4 is 4.90 Å². The normalized spacial score (nSPS) is 12.5. The second kappa shape index (κ2) is 15.6. The Morgan fingerprint density at radius 2 is 0.766 bits per heavy atom. The molecule has 0 atom stereocenters. The molecule has 1 heteroatoms. The van der Waals surface area contributed by atoms with Gasteiger partial charge in [-0.05, 0) is 113 Å². The molecule has 0 bridgehead atoms. The van der Waals surface area contributed by atoms with Crippen molar-refractivity contribution in [3.05, 3.63) is 283 Å². The first kappa shape index (κ1) is 37.5. The molecule has 0 aromatic heterocycles. The van der Waals surface area contributed by atoms with Crippen molar-refractivity contribution < 1.29 is 0 Å². The number of rotatable bonds is 8.